The van der Waals surface area contributed by atoms with E-state index in [0.717, 1.165) is 49.5 Å². The van der Waals surface area contributed by atoms with Crippen molar-refractivity contribution in [2.75, 3.05) is 19.0 Å². The molecule has 0 aliphatic rings. The van der Waals surface area contributed by atoms with Gasteiger partial charge >= 0.3 is 0 Å². The lowest BCUT2D eigenvalue weighted by Crippen LogP contribution is -2.08. The van der Waals surface area contributed by atoms with E-state index in [4.69, 9.17) is 0 Å². The van der Waals surface area contributed by atoms with E-state index in [2.05, 4.69) is 77.1 Å². The zero-order chi connectivity index (χ0) is 27.6. The molecule has 0 aliphatic carbocycles. The van der Waals surface area contributed by atoms with Gasteiger partial charge in [0.15, 0.2) is 0 Å². The van der Waals surface area contributed by atoms with Crippen LogP contribution in [0.25, 0.3) is 32.3 Å². The molecular weight excluding hydrogens is 492 g/mol. The third-order valence-corrected chi connectivity index (χ3v) is 7.06. The van der Waals surface area contributed by atoms with Crippen LogP contribution in [0.15, 0.2) is 109 Å². The van der Waals surface area contributed by atoms with Crippen molar-refractivity contribution in [3.63, 3.8) is 0 Å². The first-order chi connectivity index (χ1) is 19.5. The molecule has 0 aromatic heterocycles. The molecule has 190 valence electrons. The summed E-state index contributed by atoms with van der Waals surface area (Å²) in [5.74, 6) is 13.4. The van der Waals surface area contributed by atoms with Crippen LogP contribution in [0.5, 0.6) is 0 Å². The Kier molecular flexibility index (Phi) is 6.37. The fraction of sp³-hybridized carbons (Fsp3) is 0.0556. The average molecular weight is 517 g/mol. The molecule has 0 unspecified atom stereocenters. The van der Waals surface area contributed by atoms with E-state index in [0.29, 0.717) is 5.39 Å². The van der Waals surface area contributed by atoms with Crippen LogP contribution < -0.4 is 4.90 Å². The van der Waals surface area contributed by atoms with Gasteiger partial charge in [-0.05, 0) is 52.6 Å². The highest BCUT2D eigenvalue weighted by Crippen LogP contribution is 2.29. The van der Waals surface area contributed by atoms with Gasteiger partial charge in [0.25, 0.3) is 5.69 Å². The Labute approximate surface area is 232 Å². The van der Waals surface area contributed by atoms with Crippen LogP contribution in [0, 0.1) is 33.8 Å². The minimum atomic E-state index is -0.355. The summed E-state index contributed by atoms with van der Waals surface area (Å²) in [6, 6.07) is 35.3. The Hall–Kier alpha value is -5.58. The Bertz CT molecular complexity index is 2090. The molecule has 0 saturated carbocycles. The van der Waals surface area contributed by atoms with E-state index in [9.17, 15) is 10.1 Å². The van der Waals surface area contributed by atoms with E-state index in [1.807, 2.05) is 56.6 Å². The number of benzene rings is 6. The second-order valence-electron chi connectivity index (χ2n) is 9.71. The van der Waals surface area contributed by atoms with Crippen LogP contribution in [-0.4, -0.2) is 19.0 Å². The second-order valence-corrected chi connectivity index (χ2v) is 9.71. The van der Waals surface area contributed by atoms with Crippen molar-refractivity contribution < 1.29 is 4.92 Å². The van der Waals surface area contributed by atoms with Crippen molar-refractivity contribution in [1.82, 2.24) is 0 Å². The zero-order valence-corrected chi connectivity index (χ0v) is 22.1. The van der Waals surface area contributed by atoms with Crippen LogP contribution in [0.3, 0.4) is 0 Å². The van der Waals surface area contributed by atoms with Gasteiger partial charge < -0.3 is 4.90 Å². The van der Waals surface area contributed by atoms with E-state index in [1.54, 1.807) is 12.1 Å². The Balaban J connectivity index is 1.43. The minimum absolute atomic E-state index is 0.0821. The van der Waals surface area contributed by atoms with Crippen LogP contribution in [0.4, 0.5) is 11.4 Å². The highest BCUT2D eigenvalue weighted by molar-refractivity contribution is 5.99. The molecule has 0 fully saturated rings. The number of hydrogen-bond donors (Lipinski definition) is 0. The van der Waals surface area contributed by atoms with Crippen molar-refractivity contribution in [2.24, 2.45) is 0 Å². The SMILES string of the molecule is CN(C)c1cccc2c(C#Cc3cccc4c(C#Cc5cccc6c([N+](=O)[O-])cccc56)cccc34)cccc12. The second kappa shape index (κ2) is 10.3. The first-order valence-electron chi connectivity index (χ1n) is 12.9. The maximum absolute atomic E-state index is 11.5. The highest BCUT2D eigenvalue weighted by Gasteiger charge is 2.12. The number of anilines is 1. The molecule has 0 N–H and O–H groups in total. The van der Waals surface area contributed by atoms with Crippen LogP contribution in [0.2, 0.25) is 0 Å². The Morgan fingerprint density at radius 2 is 0.850 bits per heavy atom. The number of fused-ring (bicyclic) bond motifs is 3. The monoisotopic (exact) mass is 516 g/mol. The lowest BCUT2D eigenvalue weighted by Gasteiger charge is -2.15. The molecule has 0 heterocycles. The van der Waals surface area contributed by atoms with Gasteiger partial charge in [0.05, 0.1) is 10.3 Å². The van der Waals surface area contributed by atoms with Gasteiger partial charge in [-0.15, -0.1) is 0 Å². The molecular formula is C36H24N2O2. The summed E-state index contributed by atoms with van der Waals surface area (Å²) in [6.07, 6.45) is 0. The number of non-ortho nitro benzene ring substituents is 1. The molecule has 6 aromatic carbocycles. The zero-order valence-electron chi connectivity index (χ0n) is 22.1. The average Bonchev–Trinajstić information content (AvgIpc) is 2.98. The normalized spacial score (nSPS) is 10.6. The molecule has 0 radical (unpaired) electrons. The third-order valence-electron chi connectivity index (χ3n) is 7.06. The number of nitro benzene ring substituents is 1. The van der Waals surface area contributed by atoms with E-state index < -0.39 is 0 Å². The molecule has 0 atom stereocenters. The van der Waals surface area contributed by atoms with Gasteiger partial charge in [0.1, 0.15) is 0 Å². The summed E-state index contributed by atoms with van der Waals surface area (Å²) < 4.78 is 0. The summed E-state index contributed by atoms with van der Waals surface area (Å²) in [4.78, 5) is 13.3. The molecule has 0 spiro atoms. The number of hydrogen-bond acceptors (Lipinski definition) is 3. The first kappa shape index (κ1) is 24.7. The summed E-state index contributed by atoms with van der Waals surface area (Å²) in [7, 11) is 4.10. The van der Waals surface area contributed by atoms with Gasteiger partial charge in [-0.25, -0.2) is 0 Å². The topological polar surface area (TPSA) is 46.4 Å². The molecule has 0 bridgehead atoms. The maximum Gasteiger partial charge on any atom is 0.277 e. The van der Waals surface area contributed by atoms with Crippen LogP contribution >= 0.6 is 0 Å². The van der Waals surface area contributed by atoms with Crippen molar-refractivity contribution in [1.29, 1.82) is 0 Å². The molecule has 4 nitrogen and oxygen atoms in total. The Morgan fingerprint density at radius 1 is 0.500 bits per heavy atom. The van der Waals surface area contributed by atoms with Crippen LogP contribution in [0.1, 0.15) is 22.3 Å². The summed E-state index contributed by atoms with van der Waals surface area (Å²) in [5, 5.41) is 17.2. The van der Waals surface area contributed by atoms with Crippen LogP contribution in [-0.2, 0) is 0 Å². The van der Waals surface area contributed by atoms with E-state index in [-0.39, 0.29) is 10.6 Å². The van der Waals surface area contributed by atoms with Crippen molar-refractivity contribution in [2.45, 2.75) is 0 Å². The number of nitrogens with zero attached hydrogens (tertiary/aromatic N) is 2. The molecule has 0 amide bonds. The third kappa shape index (κ3) is 4.49. The van der Waals surface area contributed by atoms with Gasteiger partial charge in [0.2, 0.25) is 0 Å². The first-order valence-corrected chi connectivity index (χ1v) is 12.9. The molecule has 0 saturated heterocycles. The van der Waals surface area contributed by atoms with Crippen molar-refractivity contribution in [3.05, 3.63) is 142 Å². The quantitative estimate of drug-likeness (QED) is 0.133. The molecule has 40 heavy (non-hydrogen) atoms. The van der Waals surface area contributed by atoms with E-state index >= 15 is 0 Å². The number of nitro groups is 1. The smallest absolute Gasteiger partial charge is 0.277 e. The predicted octanol–water partition coefficient (Wildman–Crippen LogP) is 7.92. The lowest BCUT2D eigenvalue weighted by molar-refractivity contribution is -0.383. The standard InChI is InChI=1S/C36H24N2O2/c1-37(2)35-19-7-15-31-27(11-5-17-33(31)35)23-21-25-9-3-14-30-26(10-4-13-29(25)30)22-24-28-12-6-18-34-32(28)16-8-20-36(34)38(39)40/h3-20H,1-2H3. The number of rotatable bonds is 2. The lowest BCUT2D eigenvalue weighted by atomic mass is 9.98. The predicted molar refractivity (Wildman–Crippen MR) is 165 cm³/mol. The van der Waals surface area contributed by atoms with Gasteiger partial charge in [-0.3, -0.25) is 10.1 Å². The largest absolute Gasteiger partial charge is 0.377 e. The van der Waals surface area contributed by atoms with Crippen molar-refractivity contribution in [3.8, 4) is 23.7 Å². The molecule has 0 aliphatic heterocycles. The van der Waals surface area contributed by atoms with Gasteiger partial charge in [0, 0.05) is 58.9 Å². The minimum Gasteiger partial charge on any atom is -0.377 e. The summed E-state index contributed by atoms with van der Waals surface area (Å²) in [5.41, 5.74) is 4.79. The maximum atomic E-state index is 11.5. The fourth-order valence-electron chi connectivity index (χ4n) is 5.15. The highest BCUT2D eigenvalue weighted by atomic mass is 16.6. The fourth-order valence-corrected chi connectivity index (χ4v) is 5.15. The van der Waals surface area contributed by atoms with Gasteiger partial charge in [-0.2, -0.15) is 0 Å². The molecule has 6 aromatic rings. The van der Waals surface area contributed by atoms with Gasteiger partial charge in [-0.1, -0.05) is 90.4 Å². The molecule has 6 rings (SSSR count). The Morgan fingerprint density at radius 3 is 1.30 bits per heavy atom. The summed E-state index contributed by atoms with van der Waals surface area (Å²) in [6.45, 7) is 0. The van der Waals surface area contributed by atoms with E-state index in [1.165, 1.54) is 11.5 Å². The molecule has 4 heteroatoms. The van der Waals surface area contributed by atoms with Crippen molar-refractivity contribution >= 4 is 43.7 Å². The summed E-state index contributed by atoms with van der Waals surface area (Å²) >= 11 is 0.